The first kappa shape index (κ1) is 36.8. The molecule has 0 N–H and O–H groups in total. The van der Waals surface area contributed by atoms with Crippen LogP contribution in [0.1, 0.15) is 70.9 Å². The summed E-state index contributed by atoms with van der Waals surface area (Å²) in [5.74, 6) is -8.39. The molecule has 3 aromatic carbocycles. The van der Waals surface area contributed by atoms with Crippen LogP contribution < -0.4 is 0 Å². The Labute approximate surface area is 293 Å². The van der Waals surface area contributed by atoms with Gasteiger partial charge < -0.3 is 9.47 Å². The maximum Gasteiger partial charge on any atom is 0.327 e. The maximum absolute atomic E-state index is 14.0. The quantitative estimate of drug-likeness (QED) is 0.288. The van der Waals surface area contributed by atoms with Gasteiger partial charge in [0, 0.05) is 23.7 Å². The summed E-state index contributed by atoms with van der Waals surface area (Å²) in [4.78, 5) is 28.0. The third kappa shape index (κ3) is 6.55. The Morgan fingerprint density at radius 1 is 0.620 bits per heavy atom. The number of carbonyl (C=O) groups is 2. The number of rotatable bonds is 8. The number of carbonyl (C=O) groups excluding carboxylic acids is 2. The van der Waals surface area contributed by atoms with Crippen LogP contribution in [0.15, 0.2) is 72.8 Å². The van der Waals surface area contributed by atoms with E-state index in [1.807, 2.05) is 13.8 Å². The molecule has 5 rings (SSSR count). The fourth-order valence-corrected chi connectivity index (χ4v) is 11.8. The fourth-order valence-electron chi connectivity index (χ4n) is 7.66. The normalized spacial score (nSPS) is 28.4. The van der Waals surface area contributed by atoms with Gasteiger partial charge in [-0.05, 0) is 49.9 Å². The summed E-state index contributed by atoms with van der Waals surface area (Å²) in [6.07, 6.45) is 0. The summed E-state index contributed by atoms with van der Waals surface area (Å²) in [7, 11) is -7.70. The number of nitriles is 2. The highest BCUT2D eigenvalue weighted by atomic mass is 32.2. The molecule has 262 valence electrons. The molecule has 0 aliphatic carbocycles. The molecule has 2 aliphatic rings. The number of benzene rings is 3. The molecule has 2 saturated heterocycles. The average molecular weight is 717 g/mol. The van der Waals surface area contributed by atoms with Crippen molar-refractivity contribution < 1.29 is 35.9 Å². The lowest BCUT2D eigenvalue weighted by Gasteiger charge is -2.44. The van der Waals surface area contributed by atoms with Gasteiger partial charge >= 0.3 is 11.9 Å². The lowest BCUT2D eigenvalue weighted by atomic mass is 9.62. The Morgan fingerprint density at radius 3 is 1.24 bits per heavy atom. The molecule has 0 amide bonds. The Hall–Kier alpha value is -4.52. The Bertz CT molecular complexity index is 1940. The maximum atomic E-state index is 14.0. The topological polar surface area (TPSA) is 168 Å². The van der Waals surface area contributed by atoms with Gasteiger partial charge in [0.05, 0.1) is 48.4 Å². The molecule has 6 atom stereocenters. The zero-order valence-corrected chi connectivity index (χ0v) is 30.1. The van der Waals surface area contributed by atoms with Crippen molar-refractivity contribution in [2.24, 2.45) is 10.8 Å². The largest absolute Gasteiger partial charge is 0.465 e. The Kier molecular flexibility index (Phi) is 10.3. The van der Waals surface area contributed by atoms with Crippen molar-refractivity contribution >= 4 is 31.6 Å². The molecule has 12 heteroatoms. The smallest absolute Gasteiger partial charge is 0.327 e. The Balaban J connectivity index is 1.74. The highest BCUT2D eigenvalue weighted by Crippen LogP contribution is 2.55. The van der Waals surface area contributed by atoms with Gasteiger partial charge in [0.2, 0.25) is 0 Å². The summed E-state index contributed by atoms with van der Waals surface area (Å²) < 4.78 is 65.5. The first-order valence-corrected chi connectivity index (χ1v) is 20.1. The zero-order valence-electron chi connectivity index (χ0n) is 28.5. The standard InChI is InChI=1S/C38H40N2O8S2/c1-5-47-35(41)37(23-39)31(27-14-10-25(3)11-15-27)19-49(43,44)21-33(37)29-8-7-9-30(18-29)34-22-50(45,46)20-32(28-16-12-26(4)13-17-28)38(34,24-40)36(42)48-6-2/h7-18,31-34H,5-6,19-22H2,1-4H3. The van der Waals surface area contributed by atoms with Crippen LogP contribution in [0, 0.1) is 47.3 Å². The summed E-state index contributed by atoms with van der Waals surface area (Å²) in [6.45, 7) is 6.84. The van der Waals surface area contributed by atoms with E-state index in [0.717, 1.165) is 11.1 Å². The highest BCUT2D eigenvalue weighted by Gasteiger charge is 2.62. The van der Waals surface area contributed by atoms with Crippen LogP contribution in [0.2, 0.25) is 0 Å². The predicted molar refractivity (Wildman–Crippen MR) is 186 cm³/mol. The van der Waals surface area contributed by atoms with Crippen molar-refractivity contribution in [2.45, 2.75) is 51.4 Å². The summed E-state index contributed by atoms with van der Waals surface area (Å²) >= 11 is 0. The second-order valence-electron chi connectivity index (χ2n) is 13.3. The van der Waals surface area contributed by atoms with Gasteiger partial charge in [-0.2, -0.15) is 10.5 Å². The third-order valence-corrected chi connectivity index (χ3v) is 13.5. The molecule has 0 bridgehead atoms. The van der Waals surface area contributed by atoms with E-state index in [9.17, 15) is 36.9 Å². The van der Waals surface area contributed by atoms with E-state index in [1.165, 1.54) is 6.07 Å². The van der Waals surface area contributed by atoms with E-state index in [0.29, 0.717) is 11.1 Å². The van der Waals surface area contributed by atoms with E-state index in [4.69, 9.17) is 9.47 Å². The number of nitrogens with zero attached hydrogens (tertiary/aromatic N) is 2. The van der Waals surface area contributed by atoms with Crippen LogP contribution in [0.4, 0.5) is 0 Å². The van der Waals surface area contributed by atoms with Crippen molar-refractivity contribution in [1.29, 1.82) is 10.5 Å². The number of sulfone groups is 2. The number of hydrogen-bond acceptors (Lipinski definition) is 10. The van der Waals surface area contributed by atoms with Crippen LogP contribution in [0.3, 0.4) is 0 Å². The van der Waals surface area contributed by atoms with Crippen LogP contribution in [-0.4, -0.2) is 65.0 Å². The molecule has 2 heterocycles. The molecule has 3 aromatic rings. The van der Waals surface area contributed by atoms with E-state index >= 15 is 0 Å². The average Bonchev–Trinajstić information content (AvgIpc) is 3.08. The molecule has 0 aromatic heterocycles. The molecule has 2 aliphatic heterocycles. The lowest BCUT2D eigenvalue weighted by molar-refractivity contribution is -0.155. The zero-order chi connectivity index (χ0) is 36.5. The van der Waals surface area contributed by atoms with Crippen LogP contribution in [0.25, 0.3) is 0 Å². The van der Waals surface area contributed by atoms with Crippen molar-refractivity contribution in [2.75, 3.05) is 36.2 Å². The van der Waals surface area contributed by atoms with E-state index in [-0.39, 0.29) is 24.3 Å². The van der Waals surface area contributed by atoms with Crippen molar-refractivity contribution in [1.82, 2.24) is 0 Å². The van der Waals surface area contributed by atoms with Crippen LogP contribution in [0.5, 0.6) is 0 Å². The number of aryl methyl sites for hydroxylation is 2. The molecule has 6 unspecified atom stereocenters. The van der Waals surface area contributed by atoms with Gasteiger partial charge in [-0.1, -0.05) is 83.9 Å². The molecule has 0 radical (unpaired) electrons. The van der Waals surface area contributed by atoms with Crippen molar-refractivity contribution in [3.63, 3.8) is 0 Å². The highest BCUT2D eigenvalue weighted by molar-refractivity contribution is 7.91. The Morgan fingerprint density at radius 2 is 0.940 bits per heavy atom. The van der Waals surface area contributed by atoms with E-state index in [1.54, 1.807) is 80.6 Å². The molecule has 10 nitrogen and oxygen atoms in total. The van der Waals surface area contributed by atoms with Crippen molar-refractivity contribution in [3.05, 3.63) is 106 Å². The van der Waals surface area contributed by atoms with Gasteiger partial charge in [-0.15, -0.1) is 0 Å². The second-order valence-corrected chi connectivity index (χ2v) is 17.6. The molecule has 0 saturated carbocycles. The summed E-state index contributed by atoms with van der Waals surface area (Å²) in [5.41, 5.74) is -0.642. The molecular weight excluding hydrogens is 677 g/mol. The second kappa shape index (κ2) is 14.0. The number of hydrogen-bond donors (Lipinski definition) is 0. The minimum atomic E-state index is -3.85. The SMILES string of the molecule is CCOC(=O)C1(C#N)C(c2ccc(C)cc2)CS(=O)(=O)CC1c1cccc(C2CS(=O)(=O)CC(c3ccc(C)cc3)C2(C#N)C(=O)OCC)c1. The minimum Gasteiger partial charge on any atom is -0.465 e. The number of esters is 2. The fraction of sp³-hybridized carbons (Fsp3) is 0.421. The first-order chi connectivity index (χ1) is 23.7. The van der Waals surface area contributed by atoms with Gasteiger partial charge in [0.15, 0.2) is 30.5 Å². The monoisotopic (exact) mass is 716 g/mol. The lowest BCUT2D eigenvalue weighted by Crippen LogP contribution is -2.52. The van der Waals surface area contributed by atoms with Crippen molar-refractivity contribution in [3.8, 4) is 12.1 Å². The molecule has 2 fully saturated rings. The molecular formula is C38H40N2O8S2. The van der Waals surface area contributed by atoms with Crippen LogP contribution in [-0.2, 0) is 38.7 Å². The first-order valence-electron chi connectivity index (χ1n) is 16.5. The third-order valence-electron chi connectivity index (χ3n) is 10.2. The van der Waals surface area contributed by atoms with Gasteiger partial charge in [-0.25, -0.2) is 16.8 Å². The van der Waals surface area contributed by atoms with Gasteiger partial charge in [0.1, 0.15) is 0 Å². The van der Waals surface area contributed by atoms with E-state index < -0.39 is 89.1 Å². The van der Waals surface area contributed by atoms with Gasteiger partial charge in [0.25, 0.3) is 0 Å². The molecule has 50 heavy (non-hydrogen) atoms. The summed E-state index contributed by atoms with van der Waals surface area (Å²) in [6, 6.07) is 24.6. The molecule has 0 spiro atoms. The predicted octanol–water partition coefficient (Wildman–Crippen LogP) is 5.04. The minimum absolute atomic E-state index is 0.0487. The number of ether oxygens (including phenoxy) is 2. The van der Waals surface area contributed by atoms with Crippen LogP contribution >= 0.6 is 0 Å². The van der Waals surface area contributed by atoms with Gasteiger partial charge in [-0.3, -0.25) is 9.59 Å². The van der Waals surface area contributed by atoms with E-state index in [2.05, 4.69) is 12.1 Å². The summed E-state index contributed by atoms with van der Waals surface area (Å²) in [5, 5.41) is 21.8.